The van der Waals surface area contributed by atoms with E-state index in [0.717, 1.165) is 25.3 Å². The number of anilines is 1. The topological polar surface area (TPSA) is 46.5 Å². The molecule has 0 aliphatic carbocycles. The number of ether oxygens (including phenoxy) is 1. The smallest absolute Gasteiger partial charge is 0.255 e. The number of hydrogen-bond acceptors (Lipinski definition) is 3. The summed E-state index contributed by atoms with van der Waals surface area (Å²) >= 11 is 0. The Balaban J connectivity index is 1.51. The van der Waals surface area contributed by atoms with E-state index in [1.54, 1.807) is 18.2 Å². The molecule has 0 saturated carbocycles. The second-order valence-electron chi connectivity index (χ2n) is 8.79. The standard InChI is InChI=1S/C28H30FN3O2/c1-19-20(2)32(16-6-15-31(3)4)27-14-13-25(18-26(19)27)34-24-8-5-7-21(17-24)28(33)30-23-11-9-22(29)10-12-23/h5,7-14,17-18H,6,15-16H2,1-4H3,(H,30,33). The number of carbonyl (C=O) groups is 1. The van der Waals surface area contributed by atoms with Crippen LogP contribution in [0.25, 0.3) is 10.9 Å². The highest BCUT2D eigenvalue weighted by Gasteiger charge is 2.13. The average Bonchev–Trinajstić information content (AvgIpc) is 3.05. The minimum atomic E-state index is -0.347. The predicted molar refractivity (Wildman–Crippen MR) is 135 cm³/mol. The summed E-state index contributed by atoms with van der Waals surface area (Å²) in [6, 6.07) is 18.8. The number of nitrogens with zero attached hydrogens (tertiary/aromatic N) is 2. The van der Waals surface area contributed by atoms with Gasteiger partial charge in [-0.25, -0.2) is 4.39 Å². The molecular weight excluding hydrogens is 429 g/mol. The molecule has 0 atom stereocenters. The molecule has 6 heteroatoms. The SMILES string of the molecule is Cc1c(C)n(CCCN(C)C)c2ccc(Oc3cccc(C(=O)Nc4ccc(F)cc4)c3)cc12. The van der Waals surface area contributed by atoms with Crippen LogP contribution >= 0.6 is 0 Å². The minimum Gasteiger partial charge on any atom is -0.457 e. The van der Waals surface area contributed by atoms with Crippen LogP contribution in [0.5, 0.6) is 11.5 Å². The zero-order valence-electron chi connectivity index (χ0n) is 20.1. The van der Waals surface area contributed by atoms with Crippen molar-refractivity contribution in [1.29, 1.82) is 0 Å². The lowest BCUT2D eigenvalue weighted by atomic mass is 10.1. The van der Waals surface area contributed by atoms with Crippen molar-refractivity contribution in [1.82, 2.24) is 9.47 Å². The molecule has 0 unspecified atom stereocenters. The summed E-state index contributed by atoms with van der Waals surface area (Å²) in [4.78, 5) is 14.8. The molecule has 0 spiro atoms. The van der Waals surface area contributed by atoms with Crippen molar-refractivity contribution in [2.24, 2.45) is 0 Å². The molecule has 34 heavy (non-hydrogen) atoms. The third-order valence-corrected chi connectivity index (χ3v) is 6.03. The first-order chi connectivity index (χ1) is 16.3. The zero-order valence-corrected chi connectivity index (χ0v) is 20.1. The molecule has 0 fully saturated rings. The predicted octanol–water partition coefficient (Wildman–Crippen LogP) is 6.39. The lowest BCUT2D eigenvalue weighted by Crippen LogP contribution is -2.15. The molecule has 1 aromatic heterocycles. The van der Waals surface area contributed by atoms with Gasteiger partial charge in [-0.1, -0.05) is 6.07 Å². The van der Waals surface area contributed by atoms with E-state index >= 15 is 0 Å². The molecule has 176 valence electrons. The first-order valence-electron chi connectivity index (χ1n) is 11.4. The quantitative estimate of drug-likeness (QED) is 0.332. The maximum Gasteiger partial charge on any atom is 0.255 e. The fourth-order valence-electron chi connectivity index (χ4n) is 4.10. The van der Waals surface area contributed by atoms with Crippen molar-refractivity contribution in [3.05, 3.63) is 89.4 Å². The number of aromatic nitrogens is 1. The molecule has 4 aromatic rings. The second-order valence-corrected chi connectivity index (χ2v) is 8.79. The van der Waals surface area contributed by atoms with Crippen molar-refractivity contribution in [2.75, 3.05) is 26.0 Å². The van der Waals surface area contributed by atoms with Crippen LogP contribution in [-0.4, -0.2) is 36.0 Å². The van der Waals surface area contributed by atoms with Crippen LogP contribution in [0.2, 0.25) is 0 Å². The van der Waals surface area contributed by atoms with E-state index in [-0.39, 0.29) is 11.7 Å². The fraction of sp³-hybridized carbons (Fsp3) is 0.250. The van der Waals surface area contributed by atoms with Gasteiger partial charge in [0.05, 0.1) is 0 Å². The molecular formula is C28H30FN3O2. The van der Waals surface area contributed by atoms with Gasteiger partial charge >= 0.3 is 0 Å². The third kappa shape index (κ3) is 5.29. The van der Waals surface area contributed by atoms with Gasteiger partial charge in [-0.15, -0.1) is 0 Å². The van der Waals surface area contributed by atoms with Crippen molar-refractivity contribution < 1.29 is 13.9 Å². The van der Waals surface area contributed by atoms with Gasteiger partial charge in [0, 0.05) is 34.4 Å². The van der Waals surface area contributed by atoms with Crippen molar-refractivity contribution in [3.8, 4) is 11.5 Å². The molecule has 0 bridgehead atoms. The van der Waals surface area contributed by atoms with Gasteiger partial charge < -0.3 is 19.5 Å². The fourth-order valence-corrected chi connectivity index (χ4v) is 4.10. The molecule has 0 aliphatic heterocycles. The molecule has 1 amide bonds. The first kappa shape index (κ1) is 23.5. The summed E-state index contributed by atoms with van der Waals surface area (Å²) in [7, 11) is 4.19. The van der Waals surface area contributed by atoms with Gasteiger partial charge in [-0.3, -0.25) is 4.79 Å². The number of hydrogen-bond donors (Lipinski definition) is 1. The number of rotatable bonds is 8. The molecule has 5 nitrogen and oxygen atoms in total. The maximum atomic E-state index is 13.1. The van der Waals surface area contributed by atoms with Crippen LogP contribution in [0.3, 0.4) is 0 Å². The van der Waals surface area contributed by atoms with Crippen molar-refractivity contribution >= 4 is 22.5 Å². The number of fused-ring (bicyclic) bond motifs is 1. The Bertz CT molecular complexity index is 1310. The third-order valence-electron chi connectivity index (χ3n) is 6.03. The van der Waals surface area contributed by atoms with Gasteiger partial charge in [-0.05, 0) is 107 Å². The van der Waals surface area contributed by atoms with Crippen molar-refractivity contribution in [2.45, 2.75) is 26.8 Å². The van der Waals surface area contributed by atoms with Crippen LogP contribution in [0.1, 0.15) is 28.0 Å². The van der Waals surface area contributed by atoms with E-state index in [9.17, 15) is 9.18 Å². The van der Waals surface area contributed by atoms with Gasteiger partial charge in [0.2, 0.25) is 0 Å². The van der Waals surface area contributed by atoms with E-state index in [1.165, 1.54) is 46.4 Å². The number of benzene rings is 3. The van der Waals surface area contributed by atoms with Crippen LogP contribution in [0, 0.1) is 19.7 Å². The Labute approximate surface area is 199 Å². The van der Waals surface area contributed by atoms with E-state index < -0.39 is 0 Å². The molecule has 4 rings (SSSR count). The molecule has 1 heterocycles. The van der Waals surface area contributed by atoms with Crippen LogP contribution in [-0.2, 0) is 6.54 Å². The summed E-state index contributed by atoms with van der Waals surface area (Å²) in [5, 5.41) is 3.95. The number of aryl methyl sites for hydroxylation is 2. The monoisotopic (exact) mass is 459 g/mol. The van der Waals surface area contributed by atoms with Crippen LogP contribution in [0.15, 0.2) is 66.7 Å². The average molecular weight is 460 g/mol. The van der Waals surface area contributed by atoms with E-state index in [0.29, 0.717) is 17.0 Å². The zero-order chi connectivity index (χ0) is 24.2. The normalized spacial score (nSPS) is 11.2. The first-order valence-corrected chi connectivity index (χ1v) is 11.4. The van der Waals surface area contributed by atoms with Crippen LogP contribution < -0.4 is 10.1 Å². The lowest BCUT2D eigenvalue weighted by Gasteiger charge is -2.12. The van der Waals surface area contributed by atoms with E-state index in [1.807, 2.05) is 12.1 Å². The van der Waals surface area contributed by atoms with Gasteiger partial charge in [-0.2, -0.15) is 0 Å². The Morgan fingerprint density at radius 2 is 1.74 bits per heavy atom. The lowest BCUT2D eigenvalue weighted by molar-refractivity contribution is 0.102. The number of halogens is 1. The minimum absolute atomic E-state index is 0.284. The highest BCUT2D eigenvalue weighted by molar-refractivity contribution is 6.04. The highest BCUT2D eigenvalue weighted by Crippen LogP contribution is 2.31. The number of nitrogens with one attached hydrogen (secondary N) is 1. The van der Waals surface area contributed by atoms with E-state index in [2.05, 4.69) is 54.9 Å². The highest BCUT2D eigenvalue weighted by atomic mass is 19.1. The van der Waals surface area contributed by atoms with Gasteiger partial charge in [0.15, 0.2) is 0 Å². The number of amides is 1. The Morgan fingerprint density at radius 1 is 1.00 bits per heavy atom. The summed E-state index contributed by atoms with van der Waals surface area (Å²) < 4.78 is 21.6. The molecule has 3 aromatic carbocycles. The largest absolute Gasteiger partial charge is 0.457 e. The molecule has 0 aliphatic rings. The Hall–Kier alpha value is -3.64. The van der Waals surface area contributed by atoms with Gasteiger partial charge in [0.25, 0.3) is 5.91 Å². The molecule has 0 radical (unpaired) electrons. The van der Waals surface area contributed by atoms with Gasteiger partial charge in [0.1, 0.15) is 17.3 Å². The Morgan fingerprint density at radius 3 is 2.47 bits per heavy atom. The van der Waals surface area contributed by atoms with Crippen molar-refractivity contribution in [3.63, 3.8) is 0 Å². The van der Waals surface area contributed by atoms with E-state index in [4.69, 9.17) is 4.74 Å². The Kier molecular flexibility index (Phi) is 6.98. The number of carbonyl (C=O) groups excluding carboxylic acids is 1. The maximum absolute atomic E-state index is 13.1. The molecule has 1 N–H and O–H groups in total. The second kappa shape index (κ2) is 10.1. The van der Waals surface area contributed by atoms with Crippen LogP contribution in [0.4, 0.5) is 10.1 Å². The summed E-state index contributed by atoms with van der Waals surface area (Å²) in [5.74, 6) is 0.663. The summed E-state index contributed by atoms with van der Waals surface area (Å²) in [6.07, 6.45) is 1.09. The summed E-state index contributed by atoms with van der Waals surface area (Å²) in [6.45, 7) is 6.32. The molecule has 0 saturated heterocycles. The summed E-state index contributed by atoms with van der Waals surface area (Å²) in [5.41, 5.74) is 4.71.